The van der Waals surface area contributed by atoms with Crippen LogP contribution in [0.3, 0.4) is 0 Å². The fourth-order valence-corrected chi connectivity index (χ4v) is 3.47. The molecule has 8 heteroatoms. The minimum absolute atomic E-state index is 0.134. The Morgan fingerprint density at radius 3 is 2.46 bits per heavy atom. The van der Waals surface area contributed by atoms with Gasteiger partial charge in [-0.25, -0.2) is 9.07 Å². The van der Waals surface area contributed by atoms with E-state index in [-0.39, 0.29) is 30.1 Å². The summed E-state index contributed by atoms with van der Waals surface area (Å²) in [5.74, 6) is 0.604. The number of hydrogen-bond donors (Lipinski definition) is 1. The predicted octanol–water partition coefficient (Wildman–Crippen LogP) is 1.81. The van der Waals surface area contributed by atoms with Crippen molar-refractivity contribution in [2.45, 2.75) is 19.8 Å². The van der Waals surface area contributed by atoms with Crippen LogP contribution in [0.5, 0.6) is 0 Å². The lowest BCUT2D eigenvalue weighted by Gasteiger charge is -2.34. The highest BCUT2D eigenvalue weighted by atomic mass is 19.1. The molecule has 1 aliphatic carbocycles. The number of nitrogens with one attached hydrogen (secondary N) is 1. The lowest BCUT2D eigenvalue weighted by atomic mass is 10.2. The van der Waals surface area contributed by atoms with Gasteiger partial charge in [0.2, 0.25) is 11.8 Å². The van der Waals surface area contributed by atoms with Crippen LogP contribution in [-0.4, -0.2) is 64.1 Å². The van der Waals surface area contributed by atoms with Crippen molar-refractivity contribution in [1.29, 1.82) is 0 Å². The first kappa shape index (κ1) is 18.6. The zero-order valence-electron chi connectivity index (χ0n) is 15.9. The summed E-state index contributed by atoms with van der Waals surface area (Å²) in [5.41, 5.74) is 1.43. The number of aryl methyl sites for hydroxylation is 1. The summed E-state index contributed by atoms with van der Waals surface area (Å²) in [6, 6.07) is 7.75. The first-order chi connectivity index (χ1) is 13.5. The molecule has 0 atom stereocenters. The average Bonchev–Trinajstić information content (AvgIpc) is 3.46. The number of anilines is 1. The van der Waals surface area contributed by atoms with E-state index in [1.807, 2.05) is 11.8 Å². The maximum Gasteiger partial charge on any atom is 0.239 e. The van der Waals surface area contributed by atoms with Gasteiger partial charge in [0.25, 0.3) is 0 Å². The van der Waals surface area contributed by atoms with E-state index in [9.17, 15) is 14.0 Å². The van der Waals surface area contributed by atoms with Crippen LogP contribution in [0.4, 0.5) is 10.2 Å². The molecule has 1 saturated carbocycles. The maximum absolute atomic E-state index is 13.2. The van der Waals surface area contributed by atoms with Crippen LogP contribution < -0.4 is 5.32 Å². The van der Waals surface area contributed by atoms with E-state index in [0.29, 0.717) is 37.7 Å². The summed E-state index contributed by atoms with van der Waals surface area (Å²) in [5, 5.41) is 7.28. The molecule has 1 saturated heterocycles. The molecule has 148 valence electrons. The van der Waals surface area contributed by atoms with E-state index in [2.05, 4.69) is 15.3 Å². The van der Waals surface area contributed by atoms with Gasteiger partial charge in [0.05, 0.1) is 17.9 Å². The Morgan fingerprint density at radius 1 is 1.14 bits per heavy atom. The van der Waals surface area contributed by atoms with E-state index < -0.39 is 0 Å². The summed E-state index contributed by atoms with van der Waals surface area (Å²) >= 11 is 0. The monoisotopic (exact) mass is 385 g/mol. The molecule has 2 amide bonds. The second kappa shape index (κ2) is 7.71. The van der Waals surface area contributed by atoms with Crippen LogP contribution in [0.2, 0.25) is 0 Å². The van der Waals surface area contributed by atoms with Crippen LogP contribution in [0.25, 0.3) is 5.69 Å². The number of hydrogen-bond acceptors (Lipinski definition) is 4. The molecule has 4 rings (SSSR count). The van der Waals surface area contributed by atoms with E-state index in [1.54, 1.807) is 22.9 Å². The van der Waals surface area contributed by atoms with Crippen molar-refractivity contribution in [3.8, 4) is 5.69 Å². The van der Waals surface area contributed by atoms with Gasteiger partial charge < -0.3 is 10.2 Å². The summed E-state index contributed by atoms with van der Waals surface area (Å²) in [4.78, 5) is 28.6. The minimum Gasteiger partial charge on any atom is -0.340 e. The van der Waals surface area contributed by atoms with E-state index in [0.717, 1.165) is 18.5 Å². The molecule has 2 aromatic rings. The number of carbonyl (C=O) groups is 2. The lowest BCUT2D eigenvalue weighted by Crippen LogP contribution is -2.50. The molecular weight excluding hydrogens is 361 g/mol. The Bertz CT molecular complexity index is 867. The third-order valence-corrected chi connectivity index (χ3v) is 5.15. The van der Waals surface area contributed by atoms with Gasteiger partial charge >= 0.3 is 0 Å². The van der Waals surface area contributed by atoms with Gasteiger partial charge in [0.15, 0.2) is 0 Å². The summed E-state index contributed by atoms with van der Waals surface area (Å²) in [6.45, 7) is 4.85. The van der Waals surface area contributed by atoms with Gasteiger partial charge in [0.1, 0.15) is 11.6 Å². The second-order valence-corrected chi connectivity index (χ2v) is 7.48. The highest BCUT2D eigenvalue weighted by molar-refractivity contribution is 5.91. The zero-order valence-corrected chi connectivity index (χ0v) is 15.9. The number of piperazine rings is 1. The standard InChI is InChI=1S/C20H24FN5O2/c1-14-12-18(26(23-14)17-6-4-16(21)5-7-17)22-19(27)13-24-8-10-25(11-9-24)20(28)15-2-3-15/h4-7,12,15H,2-3,8-11,13H2,1H3,(H,22,27). The molecule has 2 heterocycles. The molecule has 1 aromatic heterocycles. The average molecular weight is 385 g/mol. The van der Waals surface area contributed by atoms with Crippen molar-refractivity contribution in [3.63, 3.8) is 0 Å². The van der Waals surface area contributed by atoms with Gasteiger partial charge in [-0.3, -0.25) is 14.5 Å². The topological polar surface area (TPSA) is 70.5 Å². The van der Waals surface area contributed by atoms with Gasteiger partial charge in [-0.1, -0.05) is 0 Å². The first-order valence-electron chi connectivity index (χ1n) is 9.63. The van der Waals surface area contributed by atoms with Crippen molar-refractivity contribution in [2.75, 3.05) is 38.0 Å². The van der Waals surface area contributed by atoms with Crippen molar-refractivity contribution in [3.05, 3.63) is 41.8 Å². The van der Waals surface area contributed by atoms with Crippen LogP contribution in [0.15, 0.2) is 30.3 Å². The summed E-state index contributed by atoms with van der Waals surface area (Å²) < 4.78 is 14.8. The van der Waals surface area contributed by atoms with E-state index in [1.165, 1.54) is 12.1 Å². The minimum atomic E-state index is -0.322. The summed E-state index contributed by atoms with van der Waals surface area (Å²) in [7, 11) is 0. The van der Waals surface area contributed by atoms with Crippen LogP contribution in [0, 0.1) is 18.7 Å². The van der Waals surface area contributed by atoms with Gasteiger partial charge in [-0.2, -0.15) is 5.10 Å². The zero-order chi connectivity index (χ0) is 19.7. The number of halogens is 1. The fourth-order valence-electron chi connectivity index (χ4n) is 3.47. The molecule has 2 aliphatic rings. The fraction of sp³-hybridized carbons (Fsp3) is 0.450. The molecule has 7 nitrogen and oxygen atoms in total. The molecule has 2 fully saturated rings. The summed E-state index contributed by atoms with van der Waals surface area (Å²) in [6.07, 6.45) is 2.03. The van der Waals surface area contributed by atoms with Gasteiger partial charge in [-0.05, 0) is 44.0 Å². The third kappa shape index (κ3) is 4.22. The smallest absolute Gasteiger partial charge is 0.239 e. The van der Waals surface area contributed by atoms with E-state index in [4.69, 9.17) is 0 Å². The molecule has 1 aliphatic heterocycles. The SMILES string of the molecule is Cc1cc(NC(=O)CN2CCN(C(=O)C3CC3)CC2)n(-c2ccc(F)cc2)n1. The van der Waals surface area contributed by atoms with Crippen molar-refractivity contribution in [1.82, 2.24) is 19.6 Å². The third-order valence-electron chi connectivity index (χ3n) is 5.15. The predicted molar refractivity (Wildman–Crippen MR) is 103 cm³/mol. The molecular formula is C20H24FN5O2. The molecule has 0 spiro atoms. The first-order valence-corrected chi connectivity index (χ1v) is 9.63. The molecule has 1 aromatic carbocycles. The van der Waals surface area contributed by atoms with E-state index >= 15 is 0 Å². The Kier molecular flexibility index (Phi) is 5.13. The molecule has 0 unspecified atom stereocenters. The Hall–Kier alpha value is -2.74. The van der Waals surface area contributed by atoms with Crippen molar-refractivity contribution in [2.24, 2.45) is 5.92 Å². The molecule has 0 bridgehead atoms. The Morgan fingerprint density at radius 2 is 1.82 bits per heavy atom. The Balaban J connectivity index is 1.34. The number of nitrogens with zero attached hydrogens (tertiary/aromatic N) is 4. The van der Waals surface area contributed by atoms with Crippen molar-refractivity contribution < 1.29 is 14.0 Å². The number of benzene rings is 1. The van der Waals surface area contributed by atoms with Gasteiger partial charge in [-0.15, -0.1) is 0 Å². The van der Waals surface area contributed by atoms with Crippen LogP contribution in [0.1, 0.15) is 18.5 Å². The van der Waals surface area contributed by atoms with Crippen molar-refractivity contribution >= 4 is 17.6 Å². The lowest BCUT2D eigenvalue weighted by molar-refractivity contribution is -0.134. The second-order valence-electron chi connectivity index (χ2n) is 7.48. The number of aromatic nitrogens is 2. The quantitative estimate of drug-likeness (QED) is 0.852. The normalized spacial score (nSPS) is 17.6. The number of carbonyl (C=O) groups excluding carboxylic acids is 2. The molecule has 1 N–H and O–H groups in total. The maximum atomic E-state index is 13.2. The number of rotatable bonds is 5. The highest BCUT2D eigenvalue weighted by Crippen LogP contribution is 2.31. The van der Waals surface area contributed by atoms with Crippen LogP contribution >= 0.6 is 0 Å². The molecule has 0 radical (unpaired) electrons. The largest absolute Gasteiger partial charge is 0.340 e. The van der Waals surface area contributed by atoms with Gasteiger partial charge in [0, 0.05) is 38.2 Å². The molecule has 28 heavy (non-hydrogen) atoms. The highest BCUT2D eigenvalue weighted by Gasteiger charge is 2.34. The Labute approximate surface area is 163 Å². The number of amides is 2. The van der Waals surface area contributed by atoms with Crippen LogP contribution in [-0.2, 0) is 9.59 Å².